The third kappa shape index (κ3) is 2.96. The molecule has 0 aromatic heterocycles. The van der Waals surface area contributed by atoms with Gasteiger partial charge in [-0.25, -0.2) is 0 Å². The van der Waals surface area contributed by atoms with Crippen molar-refractivity contribution in [2.24, 2.45) is 0 Å². The van der Waals surface area contributed by atoms with Crippen molar-refractivity contribution in [2.75, 3.05) is 7.11 Å². The van der Waals surface area contributed by atoms with Gasteiger partial charge in [-0.3, -0.25) is 0 Å². The van der Waals surface area contributed by atoms with Gasteiger partial charge in [0.1, 0.15) is 5.75 Å². The number of hydrogen-bond donors (Lipinski definition) is 0. The van der Waals surface area contributed by atoms with Gasteiger partial charge in [0.05, 0.1) is 7.11 Å². The van der Waals surface area contributed by atoms with Crippen LogP contribution in [0.25, 0.3) is 0 Å². The van der Waals surface area contributed by atoms with E-state index >= 15 is 0 Å². The maximum Gasteiger partial charge on any atom is 0.357 e. The van der Waals surface area contributed by atoms with Crippen LogP contribution >= 0.6 is 0 Å². The summed E-state index contributed by atoms with van der Waals surface area (Å²) in [4.78, 5) is 0. The van der Waals surface area contributed by atoms with Gasteiger partial charge in [-0.15, -0.1) is 0 Å². The summed E-state index contributed by atoms with van der Waals surface area (Å²) < 4.78 is 7.99. The number of benzene rings is 2. The summed E-state index contributed by atoms with van der Waals surface area (Å²) in [6, 6.07) is 19.0. The Kier molecular flexibility index (Phi) is 3.61. The molecule has 0 atom stereocenters. The van der Waals surface area contributed by atoms with E-state index in [0.717, 1.165) is 5.75 Å². The van der Waals surface area contributed by atoms with Gasteiger partial charge in [-0.05, 0) is 36.4 Å². The second-order valence-electron chi connectivity index (χ2n) is 3.05. The molecule has 0 fully saturated rings. The van der Waals surface area contributed by atoms with E-state index in [0.29, 0.717) is 0 Å². The van der Waals surface area contributed by atoms with Gasteiger partial charge in [0.2, 0.25) is 0 Å². The highest BCUT2D eigenvalue weighted by molar-refractivity contribution is 5.20. The zero-order chi connectivity index (χ0) is 10.5. The van der Waals surface area contributed by atoms with Gasteiger partial charge in [-0.2, -0.15) is 0 Å². The first-order valence-corrected chi connectivity index (χ1v) is 6.88. The SMILES string of the molecule is COc1ccc([I+]c2ccccc2)cc1. The van der Waals surface area contributed by atoms with E-state index in [1.165, 1.54) is 7.14 Å². The lowest BCUT2D eigenvalue weighted by molar-refractivity contribution is -0.597. The van der Waals surface area contributed by atoms with Crippen LogP contribution in [0.5, 0.6) is 5.75 Å². The third-order valence-electron chi connectivity index (χ3n) is 2.00. The molecule has 1 nitrogen and oxygen atoms in total. The smallest absolute Gasteiger partial charge is 0.357 e. The van der Waals surface area contributed by atoms with Crippen LogP contribution in [0.1, 0.15) is 0 Å². The minimum atomic E-state index is -0.0449. The average molecular weight is 311 g/mol. The van der Waals surface area contributed by atoms with Crippen molar-refractivity contribution in [3.63, 3.8) is 0 Å². The molecule has 0 N–H and O–H groups in total. The molecular weight excluding hydrogens is 299 g/mol. The maximum absolute atomic E-state index is 5.13. The van der Waals surface area contributed by atoms with Gasteiger partial charge in [0.25, 0.3) is 0 Å². The molecule has 15 heavy (non-hydrogen) atoms. The van der Waals surface area contributed by atoms with Gasteiger partial charge in [0.15, 0.2) is 7.14 Å². The topological polar surface area (TPSA) is 9.23 Å². The monoisotopic (exact) mass is 311 g/mol. The van der Waals surface area contributed by atoms with Gasteiger partial charge >= 0.3 is 21.2 Å². The minimum absolute atomic E-state index is 0.0449. The first kappa shape index (κ1) is 10.5. The van der Waals surface area contributed by atoms with E-state index in [2.05, 4.69) is 42.5 Å². The highest BCUT2D eigenvalue weighted by atomic mass is 127. The Hall–Kier alpha value is -1.03. The molecule has 2 heteroatoms. The Bertz CT molecular complexity index is 408. The van der Waals surface area contributed by atoms with Crippen molar-refractivity contribution in [1.29, 1.82) is 0 Å². The van der Waals surface area contributed by atoms with Crippen molar-refractivity contribution in [2.45, 2.75) is 0 Å². The van der Waals surface area contributed by atoms with Gasteiger partial charge in [0, 0.05) is 0 Å². The lowest BCUT2D eigenvalue weighted by atomic mass is 10.3. The van der Waals surface area contributed by atoms with E-state index < -0.39 is 0 Å². The second-order valence-corrected chi connectivity index (χ2v) is 6.08. The largest absolute Gasteiger partial charge is 0.497 e. The van der Waals surface area contributed by atoms with E-state index in [1.807, 2.05) is 12.1 Å². The Labute approximate surface area is 100 Å². The Balaban J connectivity index is 2.11. The molecule has 2 aromatic rings. The van der Waals surface area contributed by atoms with Gasteiger partial charge < -0.3 is 4.74 Å². The van der Waals surface area contributed by atoms with Crippen LogP contribution in [-0.4, -0.2) is 7.11 Å². The van der Waals surface area contributed by atoms with Crippen LogP contribution in [0.2, 0.25) is 0 Å². The summed E-state index contributed by atoms with van der Waals surface area (Å²) in [7, 11) is 1.70. The molecule has 0 heterocycles. The van der Waals surface area contributed by atoms with Crippen LogP contribution in [-0.2, 0) is 0 Å². The van der Waals surface area contributed by atoms with Gasteiger partial charge in [-0.1, -0.05) is 18.2 Å². The van der Waals surface area contributed by atoms with E-state index in [4.69, 9.17) is 4.74 Å². The molecule has 0 saturated heterocycles. The summed E-state index contributed by atoms with van der Waals surface area (Å²) in [5.41, 5.74) is 0. The van der Waals surface area contributed by atoms with Crippen LogP contribution < -0.4 is 25.9 Å². The van der Waals surface area contributed by atoms with Crippen molar-refractivity contribution >= 4 is 0 Å². The minimum Gasteiger partial charge on any atom is -0.497 e. The fraction of sp³-hybridized carbons (Fsp3) is 0.0769. The fourth-order valence-corrected chi connectivity index (χ4v) is 3.45. The molecule has 0 amide bonds. The first-order valence-electron chi connectivity index (χ1n) is 4.72. The summed E-state index contributed by atoms with van der Waals surface area (Å²) in [5.74, 6) is 0.927. The molecule has 0 aliphatic rings. The van der Waals surface area contributed by atoms with Crippen LogP contribution in [0.4, 0.5) is 0 Å². The standard InChI is InChI=1S/C13H12IO/c1-15-13-9-7-12(8-10-13)14-11-5-3-2-4-6-11/h2-10H,1H3/q+1. The van der Waals surface area contributed by atoms with E-state index in [1.54, 1.807) is 7.11 Å². The zero-order valence-corrected chi connectivity index (χ0v) is 10.6. The molecule has 0 aliphatic carbocycles. The van der Waals surface area contributed by atoms with Crippen molar-refractivity contribution in [3.05, 3.63) is 61.7 Å². The molecule has 0 unspecified atom stereocenters. The molecular formula is C13H12IO+. The Morgan fingerprint density at radius 2 is 1.40 bits per heavy atom. The molecule has 2 rings (SSSR count). The number of halogens is 1. The maximum atomic E-state index is 5.13. The van der Waals surface area contributed by atoms with Crippen LogP contribution in [0.15, 0.2) is 54.6 Å². The van der Waals surface area contributed by atoms with Crippen LogP contribution in [0, 0.1) is 7.14 Å². The summed E-state index contributed by atoms with van der Waals surface area (Å²) >= 11 is -0.0449. The molecule has 0 spiro atoms. The zero-order valence-electron chi connectivity index (χ0n) is 8.48. The van der Waals surface area contributed by atoms with Crippen LogP contribution in [0.3, 0.4) is 0 Å². The molecule has 0 bridgehead atoms. The van der Waals surface area contributed by atoms with Crippen molar-refractivity contribution < 1.29 is 25.9 Å². The predicted molar refractivity (Wildman–Crippen MR) is 56.8 cm³/mol. The fourth-order valence-electron chi connectivity index (χ4n) is 1.24. The highest BCUT2D eigenvalue weighted by Gasteiger charge is 2.13. The Morgan fingerprint density at radius 3 is 2.00 bits per heavy atom. The third-order valence-corrected chi connectivity index (χ3v) is 4.68. The molecule has 76 valence electrons. The average Bonchev–Trinajstić information content (AvgIpc) is 2.31. The normalized spacial score (nSPS) is 9.93. The molecule has 2 aromatic carbocycles. The summed E-state index contributed by atoms with van der Waals surface area (Å²) in [5, 5.41) is 0. The lowest BCUT2D eigenvalue weighted by Crippen LogP contribution is -3.61. The first-order chi connectivity index (χ1) is 7.38. The van der Waals surface area contributed by atoms with E-state index in [9.17, 15) is 0 Å². The summed E-state index contributed by atoms with van der Waals surface area (Å²) in [6.07, 6.45) is 0. The molecule has 0 aliphatic heterocycles. The number of methoxy groups -OCH3 is 1. The number of rotatable bonds is 3. The van der Waals surface area contributed by atoms with Crippen molar-refractivity contribution in [3.8, 4) is 5.75 Å². The number of hydrogen-bond acceptors (Lipinski definition) is 1. The molecule has 0 saturated carbocycles. The quantitative estimate of drug-likeness (QED) is 0.715. The number of ether oxygens (including phenoxy) is 1. The Morgan fingerprint density at radius 1 is 0.800 bits per heavy atom. The predicted octanol–water partition coefficient (Wildman–Crippen LogP) is -0.176. The van der Waals surface area contributed by atoms with E-state index in [-0.39, 0.29) is 21.2 Å². The lowest BCUT2D eigenvalue weighted by Gasteiger charge is -1.95. The second kappa shape index (κ2) is 5.16. The highest BCUT2D eigenvalue weighted by Crippen LogP contribution is 2.06. The summed E-state index contributed by atoms with van der Waals surface area (Å²) in [6.45, 7) is 0. The molecule has 0 radical (unpaired) electrons. The van der Waals surface area contributed by atoms with Crippen molar-refractivity contribution in [1.82, 2.24) is 0 Å².